The summed E-state index contributed by atoms with van der Waals surface area (Å²) in [5.74, 6) is 1.56. The number of nitrogens with two attached hydrogens (primary N) is 1. The Balaban J connectivity index is 2.00. The second-order valence-corrected chi connectivity index (χ2v) is 7.68. The summed E-state index contributed by atoms with van der Waals surface area (Å²) < 4.78 is 0. The minimum Gasteiger partial charge on any atom is -0.334 e. The van der Waals surface area contributed by atoms with Gasteiger partial charge in [0.05, 0.1) is 6.04 Å². The Bertz CT molecular complexity index is 544. The highest BCUT2D eigenvalue weighted by Crippen LogP contribution is 2.27. The summed E-state index contributed by atoms with van der Waals surface area (Å²) in [7, 11) is 0. The van der Waals surface area contributed by atoms with Gasteiger partial charge in [0.2, 0.25) is 0 Å². The van der Waals surface area contributed by atoms with Crippen molar-refractivity contribution in [1.29, 1.82) is 0 Å². The molecule has 3 N–H and O–H groups in total. The summed E-state index contributed by atoms with van der Waals surface area (Å²) in [4.78, 5) is 12.6. The van der Waals surface area contributed by atoms with Crippen LogP contribution < -0.4 is 10.6 Å². The van der Waals surface area contributed by atoms with Gasteiger partial charge in [0.15, 0.2) is 6.04 Å². The summed E-state index contributed by atoms with van der Waals surface area (Å²) in [5.41, 5.74) is 4.50. The molecule has 1 amide bonds. The van der Waals surface area contributed by atoms with Gasteiger partial charge in [-0.2, -0.15) is 0 Å². The van der Waals surface area contributed by atoms with Crippen LogP contribution >= 0.6 is 0 Å². The van der Waals surface area contributed by atoms with Crippen molar-refractivity contribution in [3.8, 4) is 0 Å². The number of hydrogen-bond donors (Lipinski definition) is 2. The van der Waals surface area contributed by atoms with Crippen molar-refractivity contribution in [3.63, 3.8) is 0 Å². The summed E-state index contributed by atoms with van der Waals surface area (Å²) in [5, 5.41) is 5.44. The van der Waals surface area contributed by atoms with E-state index in [1.54, 1.807) is 0 Å². The van der Waals surface area contributed by atoms with E-state index >= 15 is 0 Å². The van der Waals surface area contributed by atoms with Gasteiger partial charge in [-0.1, -0.05) is 31.5 Å². The lowest BCUT2D eigenvalue weighted by Crippen LogP contribution is -2.97. The van der Waals surface area contributed by atoms with Gasteiger partial charge in [-0.15, -0.1) is 0 Å². The van der Waals surface area contributed by atoms with E-state index in [0.29, 0.717) is 12.0 Å². The van der Waals surface area contributed by atoms with Crippen molar-refractivity contribution in [2.75, 3.05) is 5.32 Å². The topological polar surface area (TPSA) is 45.7 Å². The molecule has 23 heavy (non-hydrogen) atoms. The van der Waals surface area contributed by atoms with Gasteiger partial charge in [0, 0.05) is 11.6 Å². The second-order valence-electron chi connectivity index (χ2n) is 7.68. The van der Waals surface area contributed by atoms with Crippen molar-refractivity contribution in [1.82, 2.24) is 0 Å². The molecule has 3 heteroatoms. The average molecular weight is 317 g/mol. The van der Waals surface area contributed by atoms with Crippen LogP contribution in [0.2, 0.25) is 0 Å². The van der Waals surface area contributed by atoms with E-state index in [9.17, 15) is 4.79 Å². The second kappa shape index (κ2) is 7.48. The summed E-state index contributed by atoms with van der Waals surface area (Å²) in [6.45, 7) is 12.9. The minimum atomic E-state index is -0.0483. The molecule has 0 unspecified atom stereocenters. The molecule has 0 spiro atoms. The molecule has 3 nitrogen and oxygen atoms in total. The first kappa shape index (κ1) is 18.0. The van der Waals surface area contributed by atoms with Crippen LogP contribution in [0.5, 0.6) is 0 Å². The lowest BCUT2D eigenvalue weighted by molar-refractivity contribution is -0.715. The first-order valence-corrected chi connectivity index (χ1v) is 9.03. The molecule has 0 bridgehead atoms. The molecule has 0 aromatic heterocycles. The molecule has 128 valence electrons. The van der Waals surface area contributed by atoms with Gasteiger partial charge in [-0.05, 0) is 64.0 Å². The van der Waals surface area contributed by atoms with Crippen LogP contribution in [0.4, 0.5) is 5.69 Å². The Morgan fingerprint density at radius 1 is 1.17 bits per heavy atom. The maximum atomic E-state index is 12.6. The fraction of sp³-hybridized carbons (Fsp3) is 0.650. The van der Waals surface area contributed by atoms with Gasteiger partial charge < -0.3 is 10.6 Å². The maximum Gasteiger partial charge on any atom is 0.282 e. The molecule has 1 aromatic carbocycles. The zero-order valence-electron chi connectivity index (χ0n) is 15.6. The predicted octanol–water partition coefficient (Wildman–Crippen LogP) is 3.33. The molecule has 1 aromatic rings. The van der Waals surface area contributed by atoms with E-state index in [1.807, 2.05) is 6.92 Å². The molecule has 1 aliphatic rings. The number of hydrogen-bond acceptors (Lipinski definition) is 1. The molecule has 1 fully saturated rings. The number of nitrogens with one attached hydrogen (secondary N) is 1. The van der Waals surface area contributed by atoms with Crippen LogP contribution in [0, 0.1) is 32.6 Å². The normalized spacial score (nSPS) is 25.9. The molecule has 2 rings (SSSR count). The summed E-state index contributed by atoms with van der Waals surface area (Å²) in [6, 6.07) is 4.77. The molecule has 0 heterocycles. The quantitative estimate of drug-likeness (QED) is 0.879. The number of benzene rings is 1. The molecule has 0 radical (unpaired) electrons. The molecule has 1 saturated carbocycles. The standard InChI is InChI=1S/C20H32N2O/c1-12-10-14(3)19(15(4)11-12)22-20(23)17(6)21-18-9-7-8-13(2)16(18)5/h10-11,13,16-18,21H,7-9H2,1-6H3,(H,22,23)/p+1/t13-,16-,17+,18-/m0/s1. The number of rotatable bonds is 4. The zero-order chi connectivity index (χ0) is 17.1. The van der Waals surface area contributed by atoms with Gasteiger partial charge in [-0.3, -0.25) is 4.79 Å². The van der Waals surface area contributed by atoms with Crippen molar-refractivity contribution in [2.45, 2.75) is 72.9 Å². The fourth-order valence-corrected chi connectivity index (χ4v) is 3.97. The number of anilines is 1. The summed E-state index contributed by atoms with van der Waals surface area (Å²) >= 11 is 0. The van der Waals surface area contributed by atoms with Gasteiger partial charge in [-0.25, -0.2) is 0 Å². The molecule has 4 atom stereocenters. The van der Waals surface area contributed by atoms with Crippen molar-refractivity contribution >= 4 is 11.6 Å². The van der Waals surface area contributed by atoms with Gasteiger partial charge >= 0.3 is 0 Å². The van der Waals surface area contributed by atoms with Crippen LogP contribution in [-0.2, 0) is 4.79 Å². The molecule has 1 aliphatic carbocycles. The molecular weight excluding hydrogens is 284 g/mol. The SMILES string of the molecule is Cc1cc(C)c(NC(=O)[C@@H](C)[NH2+][C@H]2CCC[C@H](C)[C@@H]2C)c(C)c1. The van der Waals surface area contributed by atoms with Crippen LogP contribution in [-0.4, -0.2) is 18.0 Å². The Morgan fingerprint density at radius 3 is 2.39 bits per heavy atom. The van der Waals surface area contributed by atoms with Crippen molar-refractivity contribution in [3.05, 3.63) is 28.8 Å². The van der Waals surface area contributed by atoms with Crippen LogP contribution in [0.3, 0.4) is 0 Å². The Hall–Kier alpha value is -1.35. The van der Waals surface area contributed by atoms with E-state index in [2.05, 4.69) is 57.4 Å². The largest absolute Gasteiger partial charge is 0.334 e. The first-order chi connectivity index (χ1) is 10.8. The third kappa shape index (κ3) is 4.35. The number of amides is 1. The number of carbonyl (C=O) groups is 1. The third-order valence-electron chi connectivity index (χ3n) is 5.64. The number of carbonyl (C=O) groups excluding carboxylic acids is 1. The highest BCUT2D eigenvalue weighted by molar-refractivity contribution is 5.95. The smallest absolute Gasteiger partial charge is 0.282 e. The number of aryl methyl sites for hydroxylation is 3. The van der Waals surface area contributed by atoms with Crippen LogP contribution in [0.25, 0.3) is 0 Å². The lowest BCUT2D eigenvalue weighted by atomic mass is 9.78. The van der Waals surface area contributed by atoms with Crippen LogP contribution in [0.1, 0.15) is 56.7 Å². The van der Waals surface area contributed by atoms with E-state index in [4.69, 9.17) is 0 Å². The fourth-order valence-electron chi connectivity index (χ4n) is 3.97. The number of quaternary nitrogens is 1. The van der Waals surface area contributed by atoms with Gasteiger partial charge in [0.25, 0.3) is 5.91 Å². The highest BCUT2D eigenvalue weighted by Gasteiger charge is 2.32. The Kier molecular flexibility index (Phi) is 5.85. The summed E-state index contributed by atoms with van der Waals surface area (Å²) in [6.07, 6.45) is 3.84. The molecule has 0 aliphatic heterocycles. The van der Waals surface area contributed by atoms with E-state index in [0.717, 1.165) is 22.7 Å². The zero-order valence-corrected chi connectivity index (χ0v) is 15.6. The first-order valence-electron chi connectivity index (χ1n) is 9.03. The predicted molar refractivity (Wildman–Crippen MR) is 96.6 cm³/mol. The van der Waals surface area contributed by atoms with Crippen molar-refractivity contribution in [2.24, 2.45) is 11.8 Å². The van der Waals surface area contributed by atoms with E-state index < -0.39 is 0 Å². The lowest BCUT2D eigenvalue weighted by Gasteiger charge is -2.33. The third-order valence-corrected chi connectivity index (χ3v) is 5.64. The maximum absolute atomic E-state index is 12.6. The average Bonchev–Trinajstić information content (AvgIpc) is 2.47. The minimum absolute atomic E-state index is 0.0483. The van der Waals surface area contributed by atoms with E-state index in [-0.39, 0.29) is 11.9 Å². The van der Waals surface area contributed by atoms with E-state index in [1.165, 1.54) is 24.8 Å². The van der Waals surface area contributed by atoms with Gasteiger partial charge in [0.1, 0.15) is 0 Å². The highest BCUT2D eigenvalue weighted by atomic mass is 16.2. The molecular formula is C20H33N2O+. The van der Waals surface area contributed by atoms with Crippen LogP contribution in [0.15, 0.2) is 12.1 Å². The Morgan fingerprint density at radius 2 is 1.78 bits per heavy atom. The Labute approximate surface area is 141 Å². The molecule has 0 saturated heterocycles. The van der Waals surface area contributed by atoms with Crippen molar-refractivity contribution < 1.29 is 10.1 Å². The monoisotopic (exact) mass is 317 g/mol.